The number of carbonyl (C=O) groups is 2. The van der Waals surface area contributed by atoms with E-state index in [-0.39, 0.29) is 22.9 Å². The van der Waals surface area contributed by atoms with Crippen molar-refractivity contribution in [2.24, 2.45) is 12.1 Å². The highest BCUT2D eigenvalue weighted by molar-refractivity contribution is 6.39. The number of halogens is 2. The minimum absolute atomic E-state index is 0.0193. The zero-order valence-electron chi connectivity index (χ0n) is 22.7. The number of anilines is 1. The normalized spacial score (nSPS) is 11.2. The van der Waals surface area contributed by atoms with Crippen LogP contribution < -0.4 is 25.8 Å². The number of hydrogen-bond acceptors (Lipinski definition) is 6. The number of para-hydroxylation sites is 1. The van der Waals surface area contributed by atoms with Gasteiger partial charge in [-0.3, -0.25) is 19.1 Å². The average molecular weight is 580 g/mol. The SMILES string of the molecule is COc1cc(/C(C)=N/NC(=O)C(=O)Nc2c(C)n(C)n(-c3ccccc3)c2=O)ccc1OCc1c(F)cccc1Cl. The number of methoxy groups -OCH3 is 1. The molecule has 0 bridgehead atoms. The summed E-state index contributed by atoms with van der Waals surface area (Å²) in [7, 11) is 3.12. The van der Waals surface area contributed by atoms with E-state index in [0.29, 0.717) is 34.2 Å². The van der Waals surface area contributed by atoms with Crippen molar-refractivity contribution < 1.29 is 23.5 Å². The van der Waals surface area contributed by atoms with E-state index >= 15 is 0 Å². The summed E-state index contributed by atoms with van der Waals surface area (Å²) in [4.78, 5) is 38.1. The third-order valence-electron chi connectivity index (χ3n) is 6.34. The van der Waals surface area contributed by atoms with E-state index in [1.807, 2.05) is 6.07 Å². The Bertz CT molecular complexity index is 1680. The van der Waals surface area contributed by atoms with Crippen LogP contribution in [0.1, 0.15) is 23.7 Å². The molecule has 0 spiro atoms. The van der Waals surface area contributed by atoms with Gasteiger partial charge < -0.3 is 14.8 Å². The Kier molecular flexibility index (Phi) is 8.88. The van der Waals surface area contributed by atoms with Crippen LogP contribution in [0.4, 0.5) is 10.1 Å². The zero-order chi connectivity index (χ0) is 29.7. The van der Waals surface area contributed by atoms with Crippen molar-refractivity contribution in [3.8, 4) is 17.2 Å². The lowest BCUT2D eigenvalue weighted by molar-refractivity contribution is -0.136. The van der Waals surface area contributed by atoms with Gasteiger partial charge in [0.1, 0.15) is 18.1 Å². The smallest absolute Gasteiger partial charge is 0.329 e. The van der Waals surface area contributed by atoms with Crippen molar-refractivity contribution in [2.75, 3.05) is 12.4 Å². The first-order chi connectivity index (χ1) is 19.6. The second kappa shape index (κ2) is 12.5. The molecule has 0 aliphatic carbocycles. The number of benzene rings is 3. The second-order valence-corrected chi connectivity index (χ2v) is 9.29. The number of amides is 2. The van der Waals surface area contributed by atoms with Gasteiger partial charge in [-0.05, 0) is 56.3 Å². The Morgan fingerprint density at radius 1 is 1.02 bits per heavy atom. The van der Waals surface area contributed by atoms with Crippen LogP contribution in [-0.2, 0) is 23.2 Å². The van der Waals surface area contributed by atoms with E-state index in [0.717, 1.165) is 0 Å². The first kappa shape index (κ1) is 29.1. The molecule has 0 aliphatic rings. The number of hydrogen-bond donors (Lipinski definition) is 2. The fourth-order valence-electron chi connectivity index (χ4n) is 3.96. The number of nitrogens with one attached hydrogen (secondary N) is 2. The summed E-state index contributed by atoms with van der Waals surface area (Å²) in [5.41, 5.74) is 3.89. The molecule has 1 aromatic heterocycles. The molecule has 12 heteroatoms. The molecule has 2 amide bonds. The van der Waals surface area contributed by atoms with Gasteiger partial charge in [0.25, 0.3) is 5.56 Å². The van der Waals surface area contributed by atoms with Crippen molar-refractivity contribution in [1.82, 2.24) is 14.8 Å². The topological polar surface area (TPSA) is 116 Å². The predicted molar refractivity (Wildman–Crippen MR) is 153 cm³/mol. The molecule has 0 radical (unpaired) electrons. The third-order valence-corrected chi connectivity index (χ3v) is 6.69. The highest BCUT2D eigenvalue weighted by Crippen LogP contribution is 2.30. The maximum Gasteiger partial charge on any atom is 0.329 e. The van der Waals surface area contributed by atoms with E-state index < -0.39 is 23.2 Å². The monoisotopic (exact) mass is 579 g/mol. The van der Waals surface area contributed by atoms with Crippen LogP contribution in [0.25, 0.3) is 5.69 Å². The summed E-state index contributed by atoms with van der Waals surface area (Å²) in [6, 6.07) is 18.1. The lowest BCUT2D eigenvalue weighted by Crippen LogP contribution is -2.34. The maximum atomic E-state index is 14.1. The van der Waals surface area contributed by atoms with E-state index in [2.05, 4.69) is 15.8 Å². The molecule has 1 heterocycles. The lowest BCUT2D eigenvalue weighted by atomic mass is 10.1. The summed E-state index contributed by atoms with van der Waals surface area (Å²) in [6.07, 6.45) is 0. The van der Waals surface area contributed by atoms with Crippen molar-refractivity contribution >= 4 is 34.8 Å². The van der Waals surface area contributed by atoms with Gasteiger partial charge in [-0.25, -0.2) is 14.5 Å². The summed E-state index contributed by atoms with van der Waals surface area (Å²) in [5.74, 6) is -1.93. The van der Waals surface area contributed by atoms with Crippen LogP contribution >= 0.6 is 11.6 Å². The Morgan fingerprint density at radius 2 is 1.76 bits per heavy atom. The van der Waals surface area contributed by atoms with Crippen LogP contribution in [0.15, 0.2) is 76.6 Å². The molecule has 0 saturated carbocycles. The fraction of sp³-hybridized carbons (Fsp3) is 0.172. The van der Waals surface area contributed by atoms with E-state index in [9.17, 15) is 18.8 Å². The van der Waals surface area contributed by atoms with Crippen LogP contribution in [0.2, 0.25) is 5.02 Å². The summed E-state index contributed by atoms with van der Waals surface area (Å²) < 4.78 is 28.1. The van der Waals surface area contributed by atoms with Gasteiger partial charge in [0.2, 0.25) is 0 Å². The van der Waals surface area contributed by atoms with Crippen molar-refractivity contribution in [3.05, 3.63) is 105 Å². The van der Waals surface area contributed by atoms with Gasteiger partial charge in [-0.2, -0.15) is 5.10 Å². The molecule has 10 nitrogen and oxygen atoms in total. The van der Waals surface area contributed by atoms with Gasteiger partial charge in [-0.1, -0.05) is 35.9 Å². The van der Waals surface area contributed by atoms with Crippen molar-refractivity contribution in [3.63, 3.8) is 0 Å². The van der Waals surface area contributed by atoms with Crippen LogP contribution in [-0.4, -0.2) is 34.0 Å². The molecule has 0 atom stereocenters. The van der Waals surface area contributed by atoms with Gasteiger partial charge in [-0.15, -0.1) is 0 Å². The Balaban J connectivity index is 1.44. The lowest BCUT2D eigenvalue weighted by Gasteiger charge is -2.13. The van der Waals surface area contributed by atoms with Crippen LogP contribution in [0.3, 0.4) is 0 Å². The molecule has 4 rings (SSSR count). The van der Waals surface area contributed by atoms with Gasteiger partial charge in [0, 0.05) is 18.2 Å². The molecule has 2 N–H and O–H groups in total. The van der Waals surface area contributed by atoms with Gasteiger partial charge in [0.15, 0.2) is 11.5 Å². The standard InChI is InChI=1S/C29H27ClFN5O5/c1-17(19-13-14-24(25(15-19)40-4)41-16-21-22(30)11-8-12-23(21)31)33-34-28(38)27(37)32-26-18(2)35(3)36(29(26)39)20-9-6-5-7-10-20/h5-15H,16H2,1-4H3,(H,32,37)(H,34,38)/b33-17+. The molecule has 0 unspecified atom stereocenters. The molecular formula is C29H27ClFN5O5. The number of rotatable bonds is 8. The molecule has 3 aromatic carbocycles. The van der Waals surface area contributed by atoms with Crippen molar-refractivity contribution in [1.29, 1.82) is 0 Å². The summed E-state index contributed by atoms with van der Waals surface area (Å²) >= 11 is 6.07. The zero-order valence-corrected chi connectivity index (χ0v) is 23.5. The summed E-state index contributed by atoms with van der Waals surface area (Å²) in [6.45, 7) is 3.16. The molecule has 4 aromatic rings. The molecular weight excluding hydrogens is 553 g/mol. The minimum Gasteiger partial charge on any atom is -0.493 e. The van der Waals surface area contributed by atoms with Gasteiger partial charge >= 0.3 is 11.8 Å². The first-order valence-electron chi connectivity index (χ1n) is 12.4. The Labute approximate surface area is 239 Å². The molecule has 0 saturated heterocycles. The quantitative estimate of drug-likeness (QED) is 0.183. The molecule has 212 valence electrons. The number of nitrogens with zero attached hydrogens (tertiary/aromatic N) is 3. The molecule has 41 heavy (non-hydrogen) atoms. The highest BCUT2D eigenvalue weighted by Gasteiger charge is 2.21. The third kappa shape index (κ3) is 6.30. The van der Waals surface area contributed by atoms with E-state index in [1.54, 1.807) is 74.1 Å². The van der Waals surface area contributed by atoms with Gasteiger partial charge in [0.05, 0.1) is 29.2 Å². The second-order valence-electron chi connectivity index (χ2n) is 8.88. The Morgan fingerprint density at radius 3 is 2.44 bits per heavy atom. The van der Waals surface area contributed by atoms with Crippen molar-refractivity contribution in [2.45, 2.75) is 20.5 Å². The Hall–Kier alpha value is -4.90. The number of carbonyl (C=O) groups excluding carboxylic acids is 2. The van der Waals surface area contributed by atoms with E-state index in [4.69, 9.17) is 21.1 Å². The van der Waals surface area contributed by atoms with E-state index in [1.165, 1.54) is 23.9 Å². The van der Waals surface area contributed by atoms with Crippen LogP contribution in [0.5, 0.6) is 11.5 Å². The minimum atomic E-state index is -1.06. The summed E-state index contributed by atoms with van der Waals surface area (Å²) in [5, 5.41) is 6.63. The first-order valence-corrected chi connectivity index (χ1v) is 12.7. The largest absolute Gasteiger partial charge is 0.493 e. The molecule has 0 aliphatic heterocycles. The van der Waals surface area contributed by atoms with Crippen LogP contribution in [0, 0.1) is 12.7 Å². The number of hydrazone groups is 1. The number of ether oxygens (including phenoxy) is 2. The fourth-order valence-corrected chi connectivity index (χ4v) is 4.18. The predicted octanol–water partition coefficient (Wildman–Crippen LogP) is 4.34. The number of aromatic nitrogens is 2. The average Bonchev–Trinajstić information content (AvgIpc) is 3.18. The highest BCUT2D eigenvalue weighted by atomic mass is 35.5. The molecule has 0 fully saturated rings. The maximum absolute atomic E-state index is 14.1.